The van der Waals surface area contributed by atoms with Crippen LogP contribution in [0.5, 0.6) is 0 Å². The van der Waals surface area contributed by atoms with E-state index in [0.717, 1.165) is 139 Å². The Balaban J connectivity index is 0.000000241. The highest BCUT2D eigenvalue weighted by molar-refractivity contribution is 5.69. The molecule has 5 heteroatoms. The summed E-state index contributed by atoms with van der Waals surface area (Å²) in [6.07, 6.45) is 56.8. The number of rotatable bonds is 3. The van der Waals surface area contributed by atoms with Gasteiger partial charge in [0.15, 0.2) is 0 Å². The molecule has 13 fully saturated rings. The van der Waals surface area contributed by atoms with Gasteiger partial charge in [0.1, 0.15) is 0 Å². The summed E-state index contributed by atoms with van der Waals surface area (Å²) >= 11 is 0. The van der Waals surface area contributed by atoms with Crippen molar-refractivity contribution in [3.05, 3.63) is 0 Å². The predicted octanol–water partition coefficient (Wildman–Crippen LogP) is 21.9. The monoisotopic (exact) mass is 1150 g/mol. The van der Waals surface area contributed by atoms with E-state index in [1.807, 2.05) is 0 Å². The molecule has 13 saturated carbocycles. The maximum Gasteiger partial charge on any atom is 0.306 e. The molecule has 6 bridgehead atoms. The van der Waals surface area contributed by atoms with Gasteiger partial charge in [-0.1, -0.05) is 192 Å². The van der Waals surface area contributed by atoms with Crippen molar-refractivity contribution in [2.24, 2.45) is 118 Å². The van der Waals surface area contributed by atoms with Crippen molar-refractivity contribution in [2.45, 2.75) is 340 Å². The van der Waals surface area contributed by atoms with Gasteiger partial charge in [0, 0.05) is 13.2 Å². The first kappa shape index (κ1) is 75.2. The molecule has 0 radical (unpaired) electrons. The summed E-state index contributed by atoms with van der Waals surface area (Å²) in [5.74, 6) is 19.0. The van der Waals surface area contributed by atoms with Crippen LogP contribution in [-0.4, -0.2) is 45.7 Å². The Morgan fingerprint density at radius 1 is 0.415 bits per heavy atom. The molecule has 13 aliphatic carbocycles. The van der Waals surface area contributed by atoms with Gasteiger partial charge in [0.2, 0.25) is 0 Å². The number of carboxylic acids is 1. The van der Waals surface area contributed by atoms with Gasteiger partial charge in [-0.05, 0) is 254 Å². The molecule has 5 nitrogen and oxygen atoms in total. The third-order valence-electron chi connectivity index (χ3n) is 23.8. The lowest BCUT2D eigenvalue weighted by Gasteiger charge is -2.55. The summed E-state index contributed by atoms with van der Waals surface area (Å²) in [6.45, 7) is 30.7. The quantitative estimate of drug-likeness (QED) is 0.211. The Hall–Kier alpha value is -1.09. The van der Waals surface area contributed by atoms with Gasteiger partial charge in [-0.3, -0.25) is 4.79 Å². The highest BCUT2D eigenvalue weighted by Crippen LogP contribution is 2.59. The van der Waals surface area contributed by atoms with E-state index in [4.69, 9.17) is 20.4 Å². The molecule has 0 saturated heterocycles. The molecule has 7 unspecified atom stereocenters. The zero-order chi connectivity index (χ0) is 60.6. The molecule has 13 aliphatic rings. The summed E-state index contributed by atoms with van der Waals surface area (Å²) in [6, 6.07) is 0. The number of terminal acetylenes is 1. The van der Waals surface area contributed by atoms with Crippen LogP contribution < -0.4 is 0 Å². The summed E-state index contributed by atoms with van der Waals surface area (Å²) in [4.78, 5) is 10.5. The van der Waals surface area contributed by atoms with Crippen LogP contribution in [0.1, 0.15) is 334 Å². The van der Waals surface area contributed by atoms with E-state index in [1.165, 1.54) is 141 Å². The molecular formula is C77H144O5. The first-order chi connectivity index (χ1) is 39.0. The van der Waals surface area contributed by atoms with Crippen molar-refractivity contribution in [1.82, 2.24) is 0 Å². The van der Waals surface area contributed by atoms with Crippen LogP contribution in [0.25, 0.3) is 0 Å². The number of aliphatic carboxylic acids is 1. The second-order valence-electron chi connectivity index (χ2n) is 32.4. The molecule has 0 spiro atoms. The molecule has 0 aromatic heterocycles. The zero-order valence-electron chi connectivity index (χ0n) is 57.1. The standard InChI is InChI=1S/C11H18.C9H18.C8H14O2.2C8H16O.C8H14.C8H16.C7H14O.C7H14.C3H4/c1-11-5-8-2-9(6-11)4-10(3-8)7-11;1-7-5-4-6-8(2)9(7)3;1-6-2-4-7(5-3-6)8(9)10;1-7-2-4-8(6-9)5-3-7;1-7-3-2-4-8(5-7)6-9;1-6-4-7-2-3-8(6)5-7;1-7-3-5-8(2)6-4-7;1-6-2-4-7(8)5-3-6;1-7-5-3-2-4-6-7;1-3-2/h8-10H,2-7H2,1H3;7-9H,4-6H2,1-3H3;6-7H,2-5H2,1H3,(H,9,10);2*7-9H,2-6H2,1H3;6-8H,2-5H2,1H3;7-8H,3-6H2,1-2H3;6-8H,2-5H2,1H3;7H,2-6H2,1H3;1H,2H3. The SMILES string of the molecule is C#CC.CC12CC3CC(CC(C3)C1)C2.CC1CC2CCC1C2.CC1CCC(C(=O)O)CC1.CC1CCC(C)CC1.CC1CCC(CO)CC1.CC1CCC(O)CC1.CC1CCCC(C)C1C.CC1CCCC(CO)C1.CC1CCCCC1. The number of aliphatic hydroxyl groups is 3. The van der Waals surface area contributed by atoms with Crippen molar-refractivity contribution >= 4 is 5.97 Å². The predicted molar refractivity (Wildman–Crippen MR) is 355 cm³/mol. The van der Waals surface area contributed by atoms with Gasteiger partial charge in [0.05, 0.1) is 12.0 Å². The molecule has 0 aromatic rings. The van der Waals surface area contributed by atoms with E-state index in [-0.39, 0.29) is 12.0 Å². The summed E-state index contributed by atoms with van der Waals surface area (Å²) in [5, 5.41) is 35.2. The lowest BCUT2D eigenvalue weighted by Crippen LogP contribution is -2.44. The molecule has 0 amide bonds. The van der Waals surface area contributed by atoms with Crippen LogP contribution >= 0.6 is 0 Å². The fourth-order valence-corrected chi connectivity index (χ4v) is 17.7. The van der Waals surface area contributed by atoms with Crippen molar-refractivity contribution in [2.75, 3.05) is 13.2 Å². The number of fused-ring (bicyclic) bond motifs is 2. The highest BCUT2D eigenvalue weighted by atomic mass is 16.4. The minimum atomic E-state index is -0.605. The zero-order valence-corrected chi connectivity index (χ0v) is 57.1. The molecule has 4 N–H and O–H groups in total. The van der Waals surface area contributed by atoms with Crippen LogP contribution in [0, 0.1) is 130 Å². The van der Waals surface area contributed by atoms with Gasteiger partial charge >= 0.3 is 5.97 Å². The Morgan fingerprint density at radius 2 is 0.805 bits per heavy atom. The lowest BCUT2D eigenvalue weighted by molar-refractivity contribution is -0.143. The topological polar surface area (TPSA) is 98.0 Å². The van der Waals surface area contributed by atoms with Gasteiger partial charge in [-0.2, -0.15) is 0 Å². The Bertz CT molecular complexity index is 1510. The van der Waals surface area contributed by atoms with Gasteiger partial charge < -0.3 is 20.4 Å². The van der Waals surface area contributed by atoms with E-state index in [2.05, 4.69) is 95.4 Å². The van der Waals surface area contributed by atoms with E-state index >= 15 is 0 Å². The highest BCUT2D eigenvalue weighted by Gasteiger charge is 2.48. The van der Waals surface area contributed by atoms with Gasteiger partial charge in [-0.15, -0.1) is 12.3 Å². The number of carbonyl (C=O) groups is 1. The largest absolute Gasteiger partial charge is 0.481 e. The average Bonchev–Trinajstić information content (AvgIpc) is 3.52. The molecule has 82 heavy (non-hydrogen) atoms. The summed E-state index contributed by atoms with van der Waals surface area (Å²) < 4.78 is 0. The summed E-state index contributed by atoms with van der Waals surface area (Å²) in [5.41, 5.74) is 0.800. The number of hydrogen-bond donors (Lipinski definition) is 4. The minimum absolute atomic E-state index is 0.0196. The third kappa shape index (κ3) is 31.7. The number of hydrogen-bond acceptors (Lipinski definition) is 4. The van der Waals surface area contributed by atoms with Crippen molar-refractivity contribution in [1.29, 1.82) is 0 Å². The van der Waals surface area contributed by atoms with Crippen LogP contribution in [0.3, 0.4) is 0 Å². The Morgan fingerprint density at radius 3 is 1.10 bits per heavy atom. The van der Waals surface area contributed by atoms with Crippen molar-refractivity contribution in [3.63, 3.8) is 0 Å². The van der Waals surface area contributed by atoms with Crippen LogP contribution in [-0.2, 0) is 4.79 Å². The normalized spacial score (nSPS) is 40.4. The molecular weight excluding hydrogens is 1000 g/mol. The lowest BCUT2D eigenvalue weighted by atomic mass is 9.50. The number of aliphatic hydroxyl groups excluding tert-OH is 3. The fourth-order valence-electron chi connectivity index (χ4n) is 17.7. The fraction of sp³-hybridized carbons (Fsp3) is 0.961. The second kappa shape index (κ2) is 41.9. The number of carboxylic acid groups (broad SMARTS) is 1. The summed E-state index contributed by atoms with van der Waals surface area (Å²) in [7, 11) is 0. The maximum atomic E-state index is 10.5. The Labute approximate surface area is 512 Å². The van der Waals surface area contributed by atoms with E-state index in [9.17, 15) is 4.79 Å². The molecule has 7 atom stereocenters. The first-order valence-corrected chi connectivity index (χ1v) is 36.5. The maximum absolute atomic E-state index is 10.5. The molecule has 13 rings (SSSR count). The Kier molecular flexibility index (Phi) is 38.5. The third-order valence-corrected chi connectivity index (χ3v) is 23.8. The molecule has 0 heterocycles. The molecule has 482 valence electrons. The van der Waals surface area contributed by atoms with Gasteiger partial charge in [-0.25, -0.2) is 0 Å². The average molecular weight is 1150 g/mol. The first-order valence-electron chi connectivity index (χ1n) is 36.5. The van der Waals surface area contributed by atoms with Gasteiger partial charge in [0.25, 0.3) is 0 Å². The smallest absolute Gasteiger partial charge is 0.306 e. The second-order valence-corrected chi connectivity index (χ2v) is 32.4. The minimum Gasteiger partial charge on any atom is -0.481 e. The molecule has 0 aliphatic heterocycles. The van der Waals surface area contributed by atoms with E-state index in [1.54, 1.807) is 71.1 Å². The van der Waals surface area contributed by atoms with E-state index < -0.39 is 5.97 Å². The molecule has 0 aromatic carbocycles. The van der Waals surface area contributed by atoms with Crippen LogP contribution in [0.2, 0.25) is 0 Å². The van der Waals surface area contributed by atoms with Crippen LogP contribution in [0.4, 0.5) is 0 Å². The van der Waals surface area contributed by atoms with Crippen molar-refractivity contribution < 1.29 is 25.2 Å². The van der Waals surface area contributed by atoms with Crippen molar-refractivity contribution in [3.8, 4) is 12.3 Å². The van der Waals surface area contributed by atoms with Crippen LogP contribution in [0.15, 0.2) is 0 Å². The van der Waals surface area contributed by atoms with E-state index in [0.29, 0.717) is 25.0 Å².